The van der Waals surface area contributed by atoms with E-state index in [1.807, 2.05) is 47.0 Å². The highest BCUT2D eigenvalue weighted by atomic mass is 16.2. The second-order valence-corrected chi connectivity index (χ2v) is 6.13. The molecule has 0 bridgehead atoms. The van der Waals surface area contributed by atoms with Crippen molar-refractivity contribution in [3.63, 3.8) is 0 Å². The molecule has 0 spiro atoms. The largest absolute Gasteiger partial charge is 0.351 e. The molecule has 4 rings (SSSR count). The maximum Gasteiger partial charge on any atom is 0.254 e. The number of likely N-dealkylation sites (tertiary alicyclic amines) is 1. The van der Waals surface area contributed by atoms with Gasteiger partial charge < -0.3 is 9.47 Å². The van der Waals surface area contributed by atoms with Crippen LogP contribution >= 0.6 is 0 Å². The van der Waals surface area contributed by atoms with Crippen molar-refractivity contribution in [2.75, 3.05) is 13.1 Å². The van der Waals surface area contributed by atoms with Gasteiger partial charge in [-0.1, -0.05) is 6.07 Å². The van der Waals surface area contributed by atoms with E-state index in [2.05, 4.69) is 15.2 Å². The highest BCUT2D eigenvalue weighted by Crippen LogP contribution is 2.27. The number of amides is 1. The van der Waals surface area contributed by atoms with Gasteiger partial charge in [-0.15, -0.1) is 0 Å². The number of benzene rings is 1. The van der Waals surface area contributed by atoms with Crippen LogP contribution in [0.25, 0.3) is 10.9 Å². The van der Waals surface area contributed by atoms with Gasteiger partial charge in [0.15, 0.2) is 0 Å². The molecule has 1 amide bonds. The van der Waals surface area contributed by atoms with E-state index in [4.69, 9.17) is 0 Å². The second kappa shape index (κ2) is 5.53. The molecule has 1 atom stereocenters. The number of H-pyrrole nitrogens is 1. The van der Waals surface area contributed by atoms with Gasteiger partial charge in [0.2, 0.25) is 0 Å². The first-order chi connectivity index (χ1) is 11.2. The molecule has 3 heterocycles. The standard InChI is InChI=1S/C17H19N5O/c1-21-9-7-13-14(5-2-6-15(13)21)17(23)22-8-3-4-12(10-22)16-18-11-19-20-16/h2,5-7,9,11-12H,3-4,8,10H2,1H3,(H,18,19,20)/t12-/m0/s1. The van der Waals surface area contributed by atoms with Crippen molar-refractivity contribution in [2.24, 2.45) is 7.05 Å². The van der Waals surface area contributed by atoms with Crippen LogP contribution in [0.15, 0.2) is 36.8 Å². The van der Waals surface area contributed by atoms with Gasteiger partial charge in [0, 0.05) is 48.7 Å². The molecule has 118 valence electrons. The third-order valence-electron chi connectivity index (χ3n) is 4.69. The number of nitrogens with zero attached hydrogens (tertiary/aromatic N) is 4. The van der Waals surface area contributed by atoms with Crippen LogP contribution in [0.3, 0.4) is 0 Å². The predicted octanol–water partition coefficient (Wildman–Crippen LogP) is 2.32. The van der Waals surface area contributed by atoms with Crippen LogP contribution in [0, 0.1) is 0 Å². The minimum absolute atomic E-state index is 0.103. The molecule has 1 fully saturated rings. The number of rotatable bonds is 2. The summed E-state index contributed by atoms with van der Waals surface area (Å²) in [7, 11) is 2.00. The molecule has 3 aromatic rings. The van der Waals surface area contributed by atoms with Crippen molar-refractivity contribution in [2.45, 2.75) is 18.8 Å². The number of carbonyl (C=O) groups is 1. The summed E-state index contributed by atoms with van der Waals surface area (Å²) in [5.74, 6) is 1.22. The van der Waals surface area contributed by atoms with Gasteiger partial charge in [-0.25, -0.2) is 4.98 Å². The summed E-state index contributed by atoms with van der Waals surface area (Å²) in [5, 5.41) is 7.88. The number of carbonyl (C=O) groups excluding carboxylic acids is 1. The normalized spacial score (nSPS) is 18.5. The molecular weight excluding hydrogens is 290 g/mol. The van der Waals surface area contributed by atoms with Crippen molar-refractivity contribution in [3.8, 4) is 0 Å². The molecule has 1 aliphatic heterocycles. The van der Waals surface area contributed by atoms with E-state index in [-0.39, 0.29) is 11.8 Å². The van der Waals surface area contributed by atoms with Crippen LogP contribution in [-0.4, -0.2) is 43.6 Å². The molecule has 0 radical (unpaired) electrons. The minimum atomic E-state index is 0.103. The number of aryl methyl sites for hydroxylation is 1. The SMILES string of the molecule is Cn1ccc2c(C(=O)N3CCC[C@H](c4ncn[nH]4)C3)cccc21. The van der Waals surface area contributed by atoms with Crippen LogP contribution in [0.5, 0.6) is 0 Å². The van der Waals surface area contributed by atoms with E-state index >= 15 is 0 Å². The lowest BCUT2D eigenvalue weighted by Gasteiger charge is -2.32. The van der Waals surface area contributed by atoms with Gasteiger partial charge >= 0.3 is 0 Å². The zero-order valence-corrected chi connectivity index (χ0v) is 13.1. The third-order valence-corrected chi connectivity index (χ3v) is 4.69. The lowest BCUT2D eigenvalue weighted by atomic mass is 9.96. The summed E-state index contributed by atoms with van der Waals surface area (Å²) >= 11 is 0. The van der Waals surface area contributed by atoms with Crippen LogP contribution < -0.4 is 0 Å². The van der Waals surface area contributed by atoms with E-state index in [1.165, 1.54) is 6.33 Å². The van der Waals surface area contributed by atoms with E-state index in [9.17, 15) is 4.79 Å². The first-order valence-electron chi connectivity index (χ1n) is 7.92. The van der Waals surface area contributed by atoms with Gasteiger partial charge in [0.1, 0.15) is 12.2 Å². The summed E-state index contributed by atoms with van der Waals surface area (Å²) in [6.07, 6.45) is 5.55. The Morgan fingerprint density at radius 1 is 1.35 bits per heavy atom. The Morgan fingerprint density at radius 3 is 3.09 bits per heavy atom. The molecule has 1 saturated heterocycles. The lowest BCUT2D eigenvalue weighted by molar-refractivity contribution is 0.0706. The molecule has 1 aliphatic rings. The second-order valence-electron chi connectivity index (χ2n) is 6.13. The summed E-state index contributed by atoms with van der Waals surface area (Å²) in [6, 6.07) is 7.93. The first kappa shape index (κ1) is 14.0. The van der Waals surface area contributed by atoms with Gasteiger partial charge in [-0.2, -0.15) is 5.10 Å². The Balaban J connectivity index is 1.63. The Hall–Kier alpha value is -2.63. The lowest BCUT2D eigenvalue weighted by Crippen LogP contribution is -2.39. The van der Waals surface area contributed by atoms with Crippen LogP contribution in [0.2, 0.25) is 0 Å². The van der Waals surface area contributed by atoms with Gasteiger partial charge in [0.25, 0.3) is 5.91 Å². The van der Waals surface area contributed by atoms with Crippen LogP contribution in [-0.2, 0) is 7.05 Å². The summed E-state index contributed by atoms with van der Waals surface area (Å²) < 4.78 is 2.04. The van der Waals surface area contributed by atoms with E-state index in [1.54, 1.807) is 0 Å². The van der Waals surface area contributed by atoms with E-state index in [0.29, 0.717) is 6.54 Å². The van der Waals surface area contributed by atoms with Gasteiger partial charge in [-0.3, -0.25) is 9.89 Å². The topological polar surface area (TPSA) is 66.8 Å². The molecule has 0 saturated carbocycles. The highest BCUT2D eigenvalue weighted by molar-refractivity contribution is 6.06. The molecule has 1 N–H and O–H groups in total. The fourth-order valence-corrected chi connectivity index (χ4v) is 3.46. The van der Waals surface area contributed by atoms with E-state index < -0.39 is 0 Å². The minimum Gasteiger partial charge on any atom is -0.351 e. The van der Waals surface area contributed by atoms with Crippen molar-refractivity contribution in [1.82, 2.24) is 24.6 Å². The molecule has 0 aliphatic carbocycles. The zero-order chi connectivity index (χ0) is 15.8. The summed E-state index contributed by atoms with van der Waals surface area (Å²) in [6.45, 7) is 1.49. The smallest absolute Gasteiger partial charge is 0.254 e. The average Bonchev–Trinajstić information content (AvgIpc) is 3.25. The number of nitrogens with one attached hydrogen (secondary N) is 1. The summed E-state index contributed by atoms with van der Waals surface area (Å²) in [5.41, 5.74) is 1.86. The van der Waals surface area contributed by atoms with Crippen molar-refractivity contribution in [3.05, 3.63) is 48.2 Å². The molecule has 23 heavy (non-hydrogen) atoms. The predicted molar refractivity (Wildman–Crippen MR) is 87.2 cm³/mol. The number of hydrogen-bond acceptors (Lipinski definition) is 3. The van der Waals surface area contributed by atoms with Crippen molar-refractivity contribution in [1.29, 1.82) is 0 Å². The van der Waals surface area contributed by atoms with Crippen LogP contribution in [0.1, 0.15) is 34.9 Å². The average molecular weight is 309 g/mol. The molecule has 0 unspecified atom stereocenters. The Kier molecular flexibility index (Phi) is 3.37. The van der Waals surface area contributed by atoms with Gasteiger partial charge in [-0.05, 0) is 31.0 Å². The number of piperidine rings is 1. The maximum atomic E-state index is 13.0. The van der Waals surface area contributed by atoms with Crippen molar-refractivity contribution < 1.29 is 4.79 Å². The van der Waals surface area contributed by atoms with Crippen molar-refractivity contribution >= 4 is 16.8 Å². The summed E-state index contributed by atoms with van der Waals surface area (Å²) in [4.78, 5) is 19.2. The fourth-order valence-electron chi connectivity index (χ4n) is 3.46. The third kappa shape index (κ3) is 2.40. The number of aromatic nitrogens is 4. The Morgan fingerprint density at radius 2 is 2.26 bits per heavy atom. The Bertz CT molecular complexity index is 836. The monoisotopic (exact) mass is 309 g/mol. The zero-order valence-electron chi connectivity index (χ0n) is 13.1. The molecule has 1 aromatic carbocycles. The molecule has 2 aromatic heterocycles. The number of fused-ring (bicyclic) bond motifs is 1. The Labute approximate surface area is 134 Å². The fraction of sp³-hybridized carbons (Fsp3) is 0.353. The quantitative estimate of drug-likeness (QED) is 0.790. The number of hydrogen-bond donors (Lipinski definition) is 1. The molecular formula is C17H19N5O. The molecule has 6 nitrogen and oxygen atoms in total. The molecule has 6 heteroatoms. The maximum absolute atomic E-state index is 13.0. The van der Waals surface area contributed by atoms with Crippen LogP contribution in [0.4, 0.5) is 0 Å². The number of aromatic amines is 1. The van der Waals surface area contributed by atoms with E-state index in [0.717, 1.165) is 41.7 Å². The highest BCUT2D eigenvalue weighted by Gasteiger charge is 2.27. The van der Waals surface area contributed by atoms with Gasteiger partial charge in [0.05, 0.1) is 0 Å². The first-order valence-corrected chi connectivity index (χ1v) is 7.92.